The Morgan fingerprint density at radius 3 is 2.42 bits per heavy atom. The topological polar surface area (TPSA) is 98.5 Å². The third-order valence-electron chi connectivity index (χ3n) is 3.87. The van der Waals surface area contributed by atoms with Gasteiger partial charge in [0.25, 0.3) is 0 Å². The lowest BCUT2D eigenvalue weighted by molar-refractivity contribution is -0.124. The Hall–Kier alpha value is -1.60. The van der Waals surface area contributed by atoms with Crippen molar-refractivity contribution in [1.82, 2.24) is 5.32 Å². The summed E-state index contributed by atoms with van der Waals surface area (Å²) >= 11 is 0. The lowest BCUT2D eigenvalue weighted by Gasteiger charge is -2.19. The van der Waals surface area contributed by atoms with Crippen molar-refractivity contribution in [3.8, 4) is 5.75 Å². The summed E-state index contributed by atoms with van der Waals surface area (Å²) in [6.07, 6.45) is 2.80. The maximum absolute atomic E-state index is 12.4. The predicted molar refractivity (Wildman–Crippen MR) is 94.7 cm³/mol. The number of nitrogens with one attached hydrogen (secondary N) is 1. The molecule has 1 aromatic rings. The largest absolute Gasteiger partial charge is 0.497 e. The minimum absolute atomic E-state index is 0.108. The molecular weight excluding hydrogens is 328 g/mol. The number of hydrogen-bond acceptors (Lipinski definition) is 5. The van der Waals surface area contributed by atoms with E-state index in [9.17, 15) is 13.2 Å². The van der Waals surface area contributed by atoms with Crippen LogP contribution >= 0.6 is 0 Å². The smallest absolute Gasteiger partial charge is 0.224 e. The van der Waals surface area contributed by atoms with Gasteiger partial charge in [0.15, 0.2) is 9.84 Å². The van der Waals surface area contributed by atoms with Crippen molar-refractivity contribution in [2.75, 3.05) is 19.4 Å². The summed E-state index contributed by atoms with van der Waals surface area (Å²) in [5.74, 6) is -0.580. The maximum Gasteiger partial charge on any atom is 0.224 e. The second-order valence-corrected chi connectivity index (χ2v) is 7.98. The number of nitrogens with two attached hydrogens (primary N) is 1. The van der Waals surface area contributed by atoms with Crippen molar-refractivity contribution >= 4 is 15.7 Å². The van der Waals surface area contributed by atoms with Gasteiger partial charge in [0, 0.05) is 18.5 Å². The van der Waals surface area contributed by atoms with Gasteiger partial charge in [0.2, 0.25) is 5.91 Å². The van der Waals surface area contributed by atoms with Crippen LogP contribution in [-0.2, 0) is 14.6 Å². The van der Waals surface area contributed by atoms with Crippen LogP contribution in [0.25, 0.3) is 0 Å². The van der Waals surface area contributed by atoms with E-state index >= 15 is 0 Å². The van der Waals surface area contributed by atoms with Crippen molar-refractivity contribution in [3.63, 3.8) is 0 Å². The zero-order chi connectivity index (χ0) is 18.2. The number of unbranched alkanes of at least 4 members (excludes halogenated alkanes) is 1. The standard InChI is InChI=1S/C17H28N2O4S/c1-4-5-6-14(11-18)19-17(20)13(2)12-24(21,22)16-9-7-15(23-3)8-10-16/h7-10,13-14H,4-6,11-12,18H2,1-3H3,(H,19,20). The van der Waals surface area contributed by atoms with E-state index in [-0.39, 0.29) is 22.6 Å². The zero-order valence-corrected chi connectivity index (χ0v) is 15.4. The Morgan fingerprint density at radius 2 is 1.92 bits per heavy atom. The van der Waals surface area contributed by atoms with E-state index in [1.165, 1.54) is 19.2 Å². The highest BCUT2D eigenvalue weighted by atomic mass is 32.2. The molecular formula is C17H28N2O4S. The van der Waals surface area contributed by atoms with Crippen LogP contribution in [0, 0.1) is 5.92 Å². The predicted octanol–water partition coefficient (Wildman–Crippen LogP) is 1.74. The third kappa shape index (κ3) is 6.13. The number of rotatable bonds is 10. The molecule has 0 radical (unpaired) electrons. The van der Waals surface area contributed by atoms with E-state index in [1.807, 2.05) is 0 Å². The average Bonchev–Trinajstić information content (AvgIpc) is 2.57. The summed E-state index contributed by atoms with van der Waals surface area (Å²) < 4.78 is 29.9. The lowest BCUT2D eigenvalue weighted by atomic mass is 10.1. The number of carbonyl (C=O) groups is 1. The van der Waals surface area contributed by atoms with Gasteiger partial charge in [0.1, 0.15) is 5.75 Å². The van der Waals surface area contributed by atoms with Gasteiger partial charge >= 0.3 is 0 Å². The van der Waals surface area contributed by atoms with Crippen LogP contribution in [0.5, 0.6) is 5.75 Å². The Bertz CT molecular complexity index is 614. The first-order valence-electron chi connectivity index (χ1n) is 8.21. The number of ether oxygens (including phenoxy) is 1. The van der Waals surface area contributed by atoms with Gasteiger partial charge in [-0.05, 0) is 30.7 Å². The van der Waals surface area contributed by atoms with Crippen molar-refractivity contribution in [2.24, 2.45) is 11.7 Å². The fourth-order valence-electron chi connectivity index (χ4n) is 2.33. The minimum Gasteiger partial charge on any atom is -0.497 e. The molecule has 2 atom stereocenters. The second kappa shape index (κ2) is 9.64. The monoisotopic (exact) mass is 356 g/mol. The van der Waals surface area contributed by atoms with Crippen molar-refractivity contribution in [1.29, 1.82) is 0 Å². The molecule has 0 aliphatic carbocycles. The molecule has 0 saturated carbocycles. The van der Waals surface area contributed by atoms with Crippen LogP contribution in [0.4, 0.5) is 0 Å². The lowest BCUT2D eigenvalue weighted by Crippen LogP contribution is -2.43. The van der Waals surface area contributed by atoms with Gasteiger partial charge < -0.3 is 15.8 Å². The Labute approximate surface area is 144 Å². The Morgan fingerprint density at radius 1 is 1.29 bits per heavy atom. The SMILES string of the molecule is CCCCC(CN)NC(=O)C(C)CS(=O)(=O)c1ccc(OC)cc1. The van der Waals surface area contributed by atoms with Crippen LogP contribution in [0.3, 0.4) is 0 Å². The van der Waals surface area contributed by atoms with Gasteiger partial charge in [-0.25, -0.2) is 8.42 Å². The quantitative estimate of drug-likeness (QED) is 0.665. The number of benzene rings is 1. The average molecular weight is 356 g/mol. The fourth-order valence-corrected chi connectivity index (χ4v) is 3.88. The first-order valence-corrected chi connectivity index (χ1v) is 9.86. The van der Waals surface area contributed by atoms with Crippen LogP contribution < -0.4 is 15.8 Å². The Balaban J connectivity index is 2.69. The van der Waals surface area contributed by atoms with E-state index in [0.717, 1.165) is 19.3 Å². The molecule has 0 aromatic heterocycles. The van der Waals surface area contributed by atoms with Gasteiger partial charge in [0.05, 0.1) is 17.8 Å². The number of methoxy groups -OCH3 is 1. The molecule has 1 aromatic carbocycles. The summed E-state index contributed by atoms with van der Waals surface area (Å²) in [5, 5.41) is 2.85. The van der Waals surface area contributed by atoms with Gasteiger partial charge in [-0.15, -0.1) is 0 Å². The first-order chi connectivity index (χ1) is 11.3. The normalized spacial score (nSPS) is 14.0. The number of amides is 1. The summed E-state index contributed by atoms with van der Waals surface area (Å²) in [7, 11) is -2.02. The molecule has 136 valence electrons. The van der Waals surface area contributed by atoms with E-state index in [2.05, 4.69) is 12.2 Å². The van der Waals surface area contributed by atoms with Gasteiger partial charge in [-0.1, -0.05) is 26.7 Å². The molecule has 0 spiro atoms. The molecule has 0 aliphatic heterocycles. The van der Waals surface area contributed by atoms with Gasteiger partial charge in [-0.3, -0.25) is 4.79 Å². The first kappa shape index (κ1) is 20.4. The second-order valence-electron chi connectivity index (χ2n) is 5.94. The fraction of sp³-hybridized carbons (Fsp3) is 0.588. The van der Waals surface area contributed by atoms with Crippen molar-refractivity contribution in [3.05, 3.63) is 24.3 Å². The third-order valence-corrected chi connectivity index (χ3v) is 5.80. The molecule has 24 heavy (non-hydrogen) atoms. The highest BCUT2D eigenvalue weighted by molar-refractivity contribution is 7.91. The van der Waals surface area contributed by atoms with Crippen LogP contribution in [0.1, 0.15) is 33.1 Å². The molecule has 0 fully saturated rings. The van der Waals surface area contributed by atoms with E-state index in [0.29, 0.717) is 12.3 Å². The number of sulfone groups is 1. The zero-order valence-electron chi connectivity index (χ0n) is 14.6. The maximum atomic E-state index is 12.4. The van der Waals surface area contributed by atoms with E-state index in [1.54, 1.807) is 19.1 Å². The summed E-state index contributed by atoms with van der Waals surface area (Å²) in [6, 6.07) is 6.05. The van der Waals surface area contributed by atoms with Crippen LogP contribution in [0.2, 0.25) is 0 Å². The molecule has 7 heteroatoms. The van der Waals surface area contributed by atoms with E-state index in [4.69, 9.17) is 10.5 Å². The van der Waals surface area contributed by atoms with Crippen molar-refractivity contribution < 1.29 is 17.9 Å². The molecule has 1 rings (SSSR count). The highest BCUT2D eigenvalue weighted by Crippen LogP contribution is 2.18. The molecule has 1 amide bonds. The van der Waals surface area contributed by atoms with Gasteiger partial charge in [-0.2, -0.15) is 0 Å². The molecule has 0 bridgehead atoms. The summed E-state index contributed by atoms with van der Waals surface area (Å²) in [4.78, 5) is 12.4. The van der Waals surface area contributed by atoms with Crippen LogP contribution in [0.15, 0.2) is 29.2 Å². The van der Waals surface area contributed by atoms with Crippen molar-refractivity contribution in [2.45, 2.75) is 44.0 Å². The summed E-state index contributed by atoms with van der Waals surface area (Å²) in [6.45, 7) is 4.03. The minimum atomic E-state index is -3.54. The molecule has 6 nitrogen and oxygen atoms in total. The molecule has 3 N–H and O–H groups in total. The molecule has 0 aliphatic rings. The van der Waals surface area contributed by atoms with E-state index < -0.39 is 15.8 Å². The van der Waals surface area contributed by atoms with Crippen LogP contribution in [-0.4, -0.2) is 39.8 Å². The molecule has 0 saturated heterocycles. The highest BCUT2D eigenvalue weighted by Gasteiger charge is 2.24. The molecule has 0 heterocycles. The number of carbonyl (C=O) groups excluding carboxylic acids is 1. The molecule has 2 unspecified atom stereocenters. The Kier molecular flexibility index (Phi) is 8.21. The number of hydrogen-bond donors (Lipinski definition) is 2. The summed E-state index contributed by atoms with van der Waals surface area (Å²) in [5.41, 5.74) is 5.66.